The van der Waals surface area contributed by atoms with Gasteiger partial charge in [-0.3, -0.25) is 4.90 Å². The smallest absolute Gasteiger partial charge is 0.415 e. The standard InChI is InChI=1S/C30H33N5O3/c1-18-24(15-33-28-26(18)35(10-11-37-28)29(36)38-30(2,3)4)25-16-32-27-23(25)13-21(14-31-27)20-7-6-19-8-9-34(5)17-22(19)12-20/h6-7,12-16H,8-11,17H2,1-5H3,(H,31,32). The van der Waals surface area contributed by atoms with Crippen molar-refractivity contribution < 1.29 is 14.3 Å². The number of nitrogens with zero attached hydrogens (tertiary/aromatic N) is 4. The second kappa shape index (κ2) is 9.13. The number of pyridine rings is 2. The Morgan fingerprint density at radius 2 is 1.89 bits per heavy atom. The molecule has 0 saturated carbocycles. The summed E-state index contributed by atoms with van der Waals surface area (Å²) in [6.07, 6.45) is 6.38. The largest absolute Gasteiger partial charge is 0.474 e. The van der Waals surface area contributed by atoms with Gasteiger partial charge in [-0.15, -0.1) is 0 Å². The quantitative estimate of drug-likeness (QED) is 0.371. The first kappa shape index (κ1) is 24.4. The Balaban J connectivity index is 1.41. The zero-order valence-corrected chi connectivity index (χ0v) is 22.6. The average Bonchev–Trinajstić information content (AvgIpc) is 3.30. The Morgan fingerprint density at radius 1 is 1.05 bits per heavy atom. The fraction of sp³-hybridized carbons (Fsp3) is 0.367. The van der Waals surface area contributed by atoms with Gasteiger partial charge in [-0.2, -0.15) is 0 Å². The lowest BCUT2D eigenvalue weighted by Gasteiger charge is -2.32. The molecule has 8 nitrogen and oxygen atoms in total. The minimum Gasteiger partial charge on any atom is -0.474 e. The molecule has 0 bridgehead atoms. The van der Waals surface area contributed by atoms with E-state index >= 15 is 0 Å². The van der Waals surface area contributed by atoms with Gasteiger partial charge < -0.3 is 19.4 Å². The van der Waals surface area contributed by atoms with Crippen molar-refractivity contribution in [2.75, 3.05) is 31.6 Å². The molecule has 6 rings (SSSR count). The number of ether oxygens (including phenoxy) is 2. The van der Waals surface area contributed by atoms with Crippen LogP contribution in [-0.4, -0.2) is 58.3 Å². The number of hydrogen-bond donors (Lipinski definition) is 1. The summed E-state index contributed by atoms with van der Waals surface area (Å²) < 4.78 is 11.5. The molecule has 0 atom stereocenters. The first-order valence-electron chi connectivity index (χ1n) is 13.1. The van der Waals surface area contributed by atoms with Crippen LogP contribution in [0.5, 0.6) is 5.88 Å². The van der Waals surface area contributed by atoms with Crippen molar-refractivity contribution in [2.45, 2.75) is 46.3 Å². The van der Waals surface area contributed by atoms with E-state index in [9.17, 15) is 4.79 Å². The van der Waals surface area contributed by atoms with Crippen molar-refractivity contribution in [3.05, 3.63) is 59.5 Å². The summed E-state index contributed by atoms with van der Waals surface area (Å²) in [5.41, 5.74) is 8.69. The van der Waals surface area contributed by atoms with Gasteiger partial charge in [-0.05, 0) is 75.5 Å². The zero-order valence-electron chi connectivity index (χ0n) is 22.6. The number of benzene rings is 1. The number of nitrogens with one attached hydrogen (secondary N) is 1. The van der Waals surface area contributed by atoms with Gasteiger partial charge in [-0.25, -0.2) is 14.8 Å². The molecule has 1 aromatic carbocycles. The molecule has 2 aliphatic heterocycles. The van der Waals surface area contributed by atoms with Gasteiger partial charge in [0, 0.05) is 53.8 Å². The molecule has 196 valence electrons. The van der Waals surface area contributed by atoms with E-state index in [1.807, 2.05) is 46.3 Å². The summed E-state index contributed by atoms with van der Waals surface area (Å²) in [7, 11) is 2.17. The van der Waals surface area contributed by atoms with Gasteiger partial charge in [0.1, 0.15) is 23.5 Å². The monoisotopic (exact) mass is 511 g/mol. The molecular formula is C30H33N5O3. The number of carbonyl (C=O) groups is 1. The van der Waals surface area contributed by atoms with E-state index in [2.05, 4.69) is 46.2 Å². The van der Waals surface area contributed by atoms with Gasteiger partial charge in [-0.1, -0.05) is 12.1 Å². The van der Waals surface area contributed by atoms with Crippen molar-refractivity contribution in [3.63, 3.8) is 0 Å². The maximum absolute atomic E-state index is 13.1. The molecule has 0 aliphatic carbocycles. The molecule has 5 heterocycles. The summed E-state index contributed by atoms with van der Waals surface area (Å²) in [4.78, 5) is 29.7. The summed E-state index contributed by atoms with van der Waals surface area (Å²) >= 11 is 0. The predicted molar refractivity (Wildman–Crippen MR) is 149 cm³/mol. The highest BCUT2D eigenvalue weighted by Crippen LogP contribution is 2.41. The molecule has 0 unspecified atom stereocenters. The maximum atomic E-state index is 13.1. The Bertz CT molecular complexity index is 1550. The molecule has 2 aliphatic rings. The SMILES string of the molecule is Cc1c(-c2c[nH]c3ncc(-c4ccc5c(c4)CN(C)CC5)cc23)cnc2c1N(C(=O)OC(C)(C)C)CCO2. The lowest BCUT2D eigenvalue weighted by molar-refractivity contribution is 0.0566. The molecular weight excluding hydrogens is 478 g/mol. The number of anilines is 1. The summed E-state index contributed by atoms with van der Waals surface area (Å²) in [5, 5.41) is 1.00. The molecule has 1 amide bonds. The molecule has 0 fully saturated rings. The van der Waals surface area contributed by atoms with Gasteiger partial charge in [0.2, 0.25) is 5.88 Å². The van der Waals surface area contributed by atoms with E-state index in [4.69, 9.17) is 14.5 Å². The molecule has 8 heteroatoms. The first-order valence-corrected chi connectivity index (χ1v) is 13.1. The van der Waals surface area contributed by atoms with Crippen LogP contribution < -0.4 is 9.64 Å². The molecule has 0 saturated heterocycles. The number of aromatic nitrogens is 3. The minimum absolute atomic E-state index is 0.370. The molecule has 0 radical (unpaired) electrons. The fourth-order valence-corrected chi connectivity index (χ4v) is 5.37. The normalized spacial score (nSPS) is 15.7. The van der Waals surface area contributed by atoms with Gasteiger partial charge >= 0.3 is 6.09 Å². The highest BCUT2D eigenvalue weighted by Gasteiger charge is 2.32. The Morgan fingerprint density at radius 3 is 2.71 bits per heavy atom. The third-order valence-electron chi connectivity index (χ3n) is 7.27. The maximum Gasteiger partial charge on any atom is 0.415 e. The minimum atomic E-state index is -0.598. The number of rotatable bonds is 2. The Hall–Kier alpha value is -3.91. The van der Waals surface area contributed by atoms with Crippen molar-refractivity contribution in [1.82, 2.24) is 19.9 Å². The molecule has 0 spiro atoms. The van der Waals surface area contributed by atoms with E-state index < -0.39 is 11.7 Å². The number of H-pyrrole nitrogens is 1. The van der Waals surface area contributed by atoms with Crippen LogP contribution in [0.4, 0.5) is 10.5 Å². The number of hydrogen-bond acceptors (Lipinski definition) is 6. The number of likely N-dealkylation sites (N-methyl/N-ethyl adjacent to an activating group) is 1. The van der Waals surface area contributed by atoms with E-state index in [0.717, 1.165) is 58.4 Å². The highest BCUT2D eigenvalue weighted by molar-refractivity contribution is 5.99. The second-order valence-corrected chi connectivity index (χ2v) is 11.2. The number of carbonyl (C=O) groups excluding carboxylic acids is 1. The molecule has 3 aromatic heterocycles. The third kappa shape index (κ3) is 4.39. The summed E-state index contributed by atoms with van der Waals surface area (Å²) in [6, 6.07) is 8.93. The van der Waals surface area contributed by atoms with Crippen molar-refractivity contribution in [1.29, 1.82) is 0 Å². The fourth-order valence-electron chi connectivity index (χ4n) is 5.37. The van der Waals surface area contributed by atoms with Crippen LogP contribution in [-0.2, 0) is 17.7 Å². The summed E-state index contributed by atoms with van der Waals surface area (Å²) in [6.45, 7) is 10.4. The number of amides is 1. The van der Waals surface area contributed by atoms with Crippen LogP contribution >= 0.6 is 0 Å². The number of fused-ring (bicyclic) bond motifs is 3. The van der Waals surface area contributed by atoms with Crippen molar-refractivity contribution in [2.24, 2.45) is 0 Å². The molecule has 38 heavy (non-hydrogen) atoms. The highest BCUT2D eigenvalue weighted by atomic mass is 16.6. The third-order valence-corrected chi connectivity index (χ3v) is 7.27. The van der Waals surface area contributed by atoms with E-state index in [1.54, 1.807) is 4.90 Å². The van der Waals surface area contributed by atoms with Crippen LogP contribution in [0.1, 0.15) is 37.5 Å². The van der Waals surface area contributed by atoms with Crippen LogP contribution in [0.25, 0.3) is 33.3 Å². The van der Waals surface area contributed by atoms with Crippen LogP contribution in [0.2, 0.25) is 0 Å². The lowest BCUT2D eigenvalue weighted by atomic mass is 9.94. The second-order valence-electron chi connectivity index (χ2n) is 11.2. The zero-order chi connectivity index (χ0) is 26.6. The molecule has 1 N–H and O–H groups in total. The predicted octanol–water partition coefficient (Wildman–Crippen LogP) is 5.72. The van der Waals surface area contributed by atoms with E-state index in [-0.39, 0.29) is 0 Å². The van der Waals surface area contributed by atoms with Crippen molar-refractivity contribution in [3.8, 4) is 28.1 Å². The summed E-state index contributed by atoms with van der Waals surface area (Å²) in [5.74, 6) is 0.445. The lowest BCUT2D eigenvalue weighted by Crippen LogP contribution is -2.42. The Labute approximate surface area is 222 Å². The van der Waals surface area contributed by atoms with E-state index in [1.165, 1.54) is 11.1 Å². The average molecular weight is 512 g/mol. The van der Waals surface area contributed by atoms with Crippen molar-refractivity contribution >= 4 is 22.8 Å². The topological polar surface area (TPSA) is 83.6 Å². The van der Waals surface area contributed by atoms with Crippen LogP contribution in [0.15, 0.2) is 42.9 Å². The van der Waals surface area contributed by atoms with Crippen LogP contribution in [0, 0.1) is 6.92 Å². The number of aromatic amines is 1. The van der Waals surface area contributed by atoms with Gasteiger partial charge in [0.05, 0.1) is 6.54 Å². The van der Waals surface area contributed by atoms with Crippen LogP contribution in [0.3, 0.4) is 0 Å². The van der Waals surface area contributed by atoms with E-state index in [0.29, 0.717) is 24.7 Å². The Kier molecular flexibility index (Phi) is 5.87. The first-order chi connectivity index (χ1) is 18.2. The molecule has 4 aromatic rings. The van der Waals surface area contributed by atoms with Gasteiger partial charge in [0.25, 0.3) is 0 Å². The van der Waals surface area contributed by atoms with Gasteiger partial charge in [0.15, 0.2) is 0 Å².